The van der Waals surface area contributed by atoms with Gasteiger partial charge in [-0.1, -0.05) is 12.1 Å². The van der Waals surface area contributed by atoms with Gasteiger partial charge in [0.25, 0.3) is 11.8 Å². The van der Waals surface area contributed by atoms with E-state index in [2.05, 4.69) is 5.32 Å². The van der Waals surface area contributed by atoms with E-state index in [0.29, 0.717) is 24.0 Å². The highest BCUT2D eigenvalue weighted by molar-refractivity contribution is 6.21. The van der Waals surface area contributed by atoms with Crippen LogP contribution in [0.2, 0.25) is 0 Å². The van der Waals surface area contributed by atoms with Crippen molar-refractivity contribution in [3.63, 3.8) is 0 Å². The summed E-state index contributed by atoms with van der Waals surface area (Å²) >= 11 is 0. The van der Waals surface area contributed by atoms with Gasteiger partial charge in [-0.15, -0.1) is 0 Å². The van der Waals surface area contributed by atoms with Crippen LogP contribution in [0.25, 0.3) is 0 Å². The summed E-state index contributed by atoms with van der Waals surface area (Å²) in [4.78, 5) is 25.4. The Morgan fingerprint density at radius 3 is 2.24 bits per heavy atom. The maximum absolute atomic E-state index is 14.1. The number of imide groups is 1. The molecule has 2 heterocycles. The number of amides is 2. The Bertz CT molecular complexity index is 581. The molecular formula is C16H17FN2O2. The summed E-state index contributed by atoms with van der Waals surface area (Å²) in [6, 6.07) is 6.73. The number of halogens is 1. The molecule has 0 saturated carbocycles. The predicted octanol–water partition coefficient (Wildman–Crippen LogP) is 2.28. The van der Waals surface area contributed by atoms with Gasteiger partial charge in [0.15, 0.2) is 0 Å². The normalized spacial score (nSPS) is 18.1. The minimum absolute atomic E-state index is 0.106. The third-order valence-electron chi connectivity index (χ3n) is 4.02. The highest BCUT2D eigenvalue weighted by Gasteiger charge is 2.34. The van der Waals surface area contributed by atoms with E-state index >= 15 is 0 Å². The summed E-state index contributed by atoms with van der Waals surface area (Å²) in [5, 5.41) is 3.17. The van der Waals surface area contributed by atoms with Gasteiger partial charge in [0.1, 0.15) is 5.83 Å². The highest BCUT2D eigenvalue weighted by atomic mass is 19.1. The smallest absolute Gasteiger partial charge is 0.261 e. The van der Waals surface area contributed by atoms with Gasteiger partial charge < -0.3 is 5.32 Å². The number of hydrogen-bond acceptors (Lipinski definition) is 3. The van der Waals surface area contributed by atoms with E-state index in [1.54, 1.807) is 24.3 Å². The van der Waals surface area contributed by atoms with Crippen LogP contribution in [0.1, 0.15) is 40.0 Å². The van der Waals surface area contributed by atoms with Crippen LogP contribution in [0.3, 0.4) is 0 Å². The van der Waals surface area contributed by atoms with Gasteiger partial charge in [-0.05, 0) is 43.6 Å². The summed E-state index contributed by atoms with van der Waals surface area (Å²) in [5.74, 6) is -0.814. The average molecular weight is 288 g/mol. The molecule has 0 radical (unpaired) electrons. The van der Waals surface area contributed by atoms with Crippen LogP contribution in [-0.2, 0) is 0 Å². The van der Waals surface area contributed by atoms with Gasteiger partial charge in [-0.2, -0.15) is 0 Å². The molecule has 1 saturated heterocycles. The van der Waals surface area contributed by atoms with E-state index < -0.39 is 0 Å². The largest absolute Gasteiger partial charge is 0.316 e. The summed E-state index contributed by atoms with van der Waals surface area (Å²) in [6.45, 7) is 1.68. The summed E-state index contributed by atoms with van der Waals surface area (Å²) in [5.41, 5.74) is 1.64. The molecule has 1 aromatic carbocycles. The molecule has 1 fully saturated rings. The second-order valence-electron chi connectivity index (χ2n) is 5.32. The van der Waals surface area contributed by atoms with Crippen LogP contribution in [0.4, 0.5) is 4.39 Å². The molecule has 3 rings (SSSR count). The van der Waals surface area contributed by atoms with E-state index in [0.717, 1.165) is 23.6 Å². The standard InChI is InChI=1S/C16H17FN2O2/c17-14(11-5-8-18-9-6-11)7-10-19-15(20)12-3-1-2-4-13(12)16(19)21/h1-4,18H,5-10H2. The molecule has 2 aliphatic heterocycles. The van der Waals surface area contributed by atoms with Gasteiger partial charge in [0, 0.05) is 13.0 Å². The lowest BCUT2D eigenvalue weighted by Gasteiger charge is -2.18. The first-order valence-corrected chi connectivity index (χ1v) is 7.21. The molecule has 4 nitrogen and oxygen atoms in total. The number of hydrogen-bond donors (Lipinski definition) is 1. The number of rotatable bonds is 3. The van der Waals surface area contributed by atoms with Crippen LogP contribution in [0.5, 0.6) is 0 Å². The molecule has 1 N–H and O–H groups in total. The number of nitrogens with one attached hydrogen (secondary N) is 1. The minimum atomic E-state index is -0.321. The second kappa shape index (κ2) is 5.77. The molecule has 0 aromatic heterocycles. The number of carbonyl (C=O) groups is 2. The van der Waals surface area contributed by atoms with Crippen molar-refractivity contribution < 1.29 is 14.0 Å². The molecule has 0 spiro atoms. The lowest BCUT2D eigenvalue weighted by atomic mass is 10.0. The van der Waals surface area contributed by atoms with Crippen molar-refractivity contribution in [2.24, 2.45) is 0 Å². The van der Waals surface area contributed by atoms with Crippen LogP contribution in [-0.4, -0.2) is 36.3 Å². The zero-order chi connectivity index (χ0) is 14.8. The van der Waals surface area contributed by atoms with Gasteiger partial charge in [0.2, 0.25) is 0 Å². The summed E-state index contributed by atoms with van der Waals surface area (Å²) in [7, 11) is 0. The highest BCUT2D eigenvalue weighted by Crippen LogP contribution is 2.25. The first kappa shape index (κ1) is 13.9. The van der Waals surface area contributed by atoms with Crippen molar-refractivity contribution in [3.05, 3.63) is 46.8 Å². The van der Waals surface area contributed by atoms with Gasteiger partial charge in [-0.25, -0.2) is 4.39 Å². The Morgan fingerprint density at radius 1 is 1.10 bits per heavy atom. The van der Waals surface area contributed by atoms with Crippen LogP contribution >= 0.6 is 0 Å². The molecule has 5 heteroatoms. The lowest BCUT2D eigenvalue weighted by molar-refractivity contribution is 0.0654. The second-order valence-corrected chi connectivity index (χ2v) is 5.32. The lowest BCUT2D eigenvalue weighted by Crippen LogP contribution is -2.31. The average Bonchev–Trinajstić information content (AvgIpc) is 2.78. The SMILES string of the molecule is O=C1c2ccccc2C(=O)N1CCC(F)=C1CCNCC1. The van der Waals surface area contributed by atoms with E-state index in [1.807, 2.05) is 0 Å². The third kappa shape index (κ3) is 2.61. The van der Waals surface area contributed by atoms with Crippen LogP contribution in [0.15, 0.2) is 35.7 Å². The zero-order valence-electron chi connectivity index (χ0n) is 11.7. The summed E-state index contributed by atoms with van der Waals surface area (Å²) in [6.07, 6.45) is 1.52. The van der Waals surface area contributed by atoms with Crippen molar-refractivity contribution in [2.45, 2.75) is 19.3 Å². The quantitative estimate of drug-likeness (QED) is 0.868. The molecule has 21 heavy (non-hydrogen) atoms. The molecule has 0 unspecified atom stereocenters. The van der Waals surface area contributed by atoms with Crippen molar-refractivity contribution in [1.29, 1.82) is 0 Å². The fourth-order valence-corrected chi connectivity index (χ4v) is 2.83. The van der Waals surface area contributed by atoms with E-state index in [1.165, 1.54) is 0 Å². The van der Waals surface area contributed by atoms with Crippen molar-refractivity contribution in [2.75, 3.05) is 19.6 Å². The maximum Gasteiger partial charge on any atom is 0.261 e. The molecular weight excluding hydrogens is 271 g/mol. The molecule has 2 aliphatic rings. The Kier molecular flexibility index (Phi) is 3.84. The molecule has 0 aliphatic carbocycles. The van der Waals surface area contributed by atoms with Crippen molar-refractivity contribution in [3.8, 4) is 0 Å². The number of piperidine rings is 1. The number of benzene rings is 1. The third-order valence-corrected chi connectivity index (χ3v) is 4.02. The van der Waals surface area contributed by atoms with Crippen LogP contribution < -0.4 is 5.32 Å². The van der Waals surface area contributed by atoms with Gasteiger partial charge in [0.05, 0.1) is 11.1 Å². The Hall–Kier alpha value is -2.01. The Morgan fingerprint density at radius 2 is 1.67 bits per heavy atom. The maximum atomic E-state index is 14.1. The number of nitrogens with zero attached hydrogens (tertiary/aromatic N) is 1. The molecule has 0 bridgehead atoms. The fraction of sp³-hybridized carbons (Fsp3) is 0.375. The van der Waals surface area contributed by atoms with E-state index in [-0.39, 0.29) is 30.6 Å². The zero-order valence-corrected chi connectivity index (χ0v) is 11.7. The van der Waals surface area contributed by atoms with E-state index in [9.17, 15) is 14.0 Å². The molecule has 110 valence electrons. The summed E-state index contributed by atoms with van der Waals surface area (Å²) < 4.78 is 14.1. The van der Waals surface area contributed by atoms with E-state index in [4.69, 9.17) is 0 Å². The van der Waals surface area contributed by atoms with Crippen molar-refractivity contribution in [1.82, 2.24) is 10.2 Å². The Balaban J connectivity index is 1.70. The molecule has 1 aromatic rings. The van der Waals surface area contributed by atoms with Gasteiger partial charge in [-0.3, -0.25) is 14.5 Å². The monoisotopic (exact) mass is 288 g/mol. The van der Waals surface area contributed by atoms with Crippen LogP contribution in [0, 0.1) is 0 Å². The first-order valence-electron chi connectivity index (χ1n) is 7.21. The molecule has 0 atom stereocenters. The minimum Gasteiger partial charge on any atom is -0.316 e. The fourth-order valence-electron chi connectivity index (χ4n) is 2.83. The number of carbonyl (C=O) groups excluding carboxylic acids is 2. The van der Waals surface area contributed by atoms with Gasteiger partial charge >= 0.3 is 0 Å². The van der Waals surface area contributed by atoms with Crippen molar-refractivity contribution >= 4 is 11.8 Å². The Labute approximate surface area is 122 Å². The molecule has 2 amide bonds. The number of fused-ring (bicyclic) bond motifs is 1. The topological polar surface area (TPSA) is 49.4 Å². The predicted molar refractivity (Wildman–Crippen MR) is 76.7 cm³/mol. The first-order chi connectivity index (χ1) is 10.2.